The molecule has 1 saturated heterocycles. The van der Waals surface area contributed by atoms with Gasteiger partial charge in [-0.15, -0.1) is 0 Å². The molecule has 1 saturated carbocycles. The lowest BCUT2D eigenvalue weighted by Crippen LogP contribution is -2.37. The topological polar surface area (TPSA) is 62.4 Å². The molecule has 1 aromatic heterocycles. The Kier molecular flexibility index (Phi) is 4.37. The second kappa shape index (κ2) is 6.65. The Labute approximate surface area is 142 Å². The highest BCUT2D eigenvalue weighted by atomic mass is 16.5. The summed E-state index contributed by atoms with van der Waals surface area (Å²) in [5, 5.41) is 14.4. The van der Waals surface area contributed by atoms with Crippen molar-refractivity contribution in [1.82, 2.24) is 15.0 Å². The van der Waals surface area contributed by atoms with Crippen LogP contribution in [0.1, 0.15) is 56.0 Å². The number of β-amino-alcohol motifs (C(OH)–C–C–N with tert-alkyl or cyclic N) is 1. The molecule has 2 atom stereocenters. The predicted molar refractivity (Wildman–Crippen MR) is 91.4 cm³/mol. The summed E-state index contributed by atoms with van der Waals surface area (Å²) in [7, 11) is 0. The molecule has 1 N–H and O–H groups in total. The highest BCUT2D eigenvalue weighted by Crippen LogP contribution is 2.37. The average Bonchev–Trinajstić information content (AvgIpc) is 3.22. The van der Waals surface area contributed by atoms with E-state index in [1.807, 2.05) is 12.1 Å². The first kappa shape index (κ1) is 15.8. The van der Waals surface area contributed by atoms with E-state index < -0.39 is 0 Å². The lowest BCUT2D eigenvalue weighted by atomic mass is 9.94. The van der Waals surface area contributed by atoms with E-state index in [2.05, 4.69) is 34.1 Å². The summed E-state index contributed by atoms with van der Waals surface area (Å²) in [5.74, 6) is 1.28. The van der Waals surface area contributed by atoms with Crippen molar-refractivity contribution in [3.05, 3.63) is 35.7 Å². The summed E-state index contributed by atoms with van der Waals surface area (Å²) in [6.45, 7) is 2.78. The minimum absolute atomic E-state index is 0.0501. The van der Waals surface area contributed by atoms with Crippen molar-refractivity contribution in [2.24, 2.45) is 0 Å². The standard InChI is InChI=1S/C19H25N3O2/c1-13-6-5-7-14(10-13)18-20-19(24-21-18)17-11-16(23)12-22(17)15-8-3-2-4-9-15/h5-7,10,15-17,23H,2-4,8-9,11-12H2,1H3/t16-,17+/m1/s1. The SMILES string of the molecule is Cc1cccc(-c2noc([C@@H]3C[C@@H](O)CN3C3CCCCC3)n2)c1. The summed E-state index contributed by atoms with van der Waals surface area (Å²) in [6.07, 6.45) is 6.70. The molecule has 4 rings (SSSR count). The number of benzene rings is 1. The Morgan fingerprint density at radius 2 is 2.04 bits per heavy atom. The van der Waals surface area contributed by atoms with Gasteiger partial charge in [-0.05, 0) is 32.3 Å². The minimum atomic E-state index is -0.300. The van der Waals surface area contributed by atoms with Crippen LogP contribution >= 0.6 is 0 Å². The number of rotatable bonds is 3. The van der Waals surface area contributed by atoms with E-state index in [1.54, 1.807) is 0 Å². The van der Waals surface area contributed by atoms with Gasteiger partial charge in [0.05, 0.1) is 12.1 Å². The number of nitrogens with zero attached hydrogens (tertiary/aromatic N) is 3. The fourth-order valence-electron chi connectivity index (χ4n) is 4.17. The van der Waals surface area contributed by atoms with E-state index in [-0.39, 0.29) is 12.1 Å². The molecule has 2 heterocycles. The smallest absolute Gasteiger partial charge is 0.244 e. The van der Waals surface area contributed by atoms with Crippen LogP contribution in [0.5, 0.6) is 0 Å². The van der Waals surface area contributed by atoms with E-state index in [4.69, 9.17) is 4.52 Å². The summed E-state index contributed by atoms with van der Waals surface area (Å²) >= 11 is 0. The van der Waals surface area contributed by atoms with Gasteiger partial charge in [-0.25, -0.2) is 0 Å². The predicted octanol–water partition coefficient (Wildman–Crippen LogP) is 3.49. The molecule has 5 nitrogen and oxygen atoms in total. The highest BCUT2D eigenvalue weighted by Gasteiger charge is 2.39. The fraction of sp³-hybridized carbons (Fsp3) is 0.579. The maximum atomic E-state index is 10.2. The van der Waals surface area contributed by atoms with E-state index in [1.165, 1.54) is 37.7 Å². The molecule has 128 valence electrons. The van der Waals surface area contributed by atoms with Gasteiger partial charge in [0.25, 0.3) is 0 Å². The van der Waals surface area contributed by atoms with Gasteiger partial charge in [-0.1, -0.05) is 48.2 Å². The Morgan fingerprint density at radius 3 is 2.83 bits per heavy atom. The molecule has 1 aromatic carbocycles. The summed E-state index contributed by atoms with van der Waals surface area (Å²) < 4.78 is 5.60. The van der Waals surface area contributed by atoms with Crippen molar-refractivity contribution in [3.63, 3.8) is 0 Å². The van der Waals surface area contributed by atoms with E-state index in [9.17, 15) is 5.11 Å². The van der Waals surface area contributed by atoms with E-state index in [0.717, 1.165) is 12.1 Å². The third kappa shape index (κ3) is 3.10. The fourth-order valence-corrected chi connectivity index (χ4v) is 4.17. The third-order valence-electron chi connectivity index (χ3n) is 5.36. The van der Waals surface area contributed by atoms with Crippen LogP contribution in [0.2, 0.25) is 0 Å². The zero-order chi connectivity index (χ0) is 16.5. The highest BCUT2D eigenvalue weighted by molar-refractivity contribution is 5.55. The van der Waals surface area contributed by atoms with Crippen LogP contribution in [0, 0.1) is 6.92 Å². The Balaban J connectivity index is 1.58. The zero-order valence-electron chi connectivity index (χ0n) is 14.2. The molecule has 0 unspecified atom stereocenters. The number of aromatic nitrogens is 2. The van der Waals surface area contributed by atoms with Gasteiger partial charge in [0, 0.05) is 18.2 Å². The summed E-state index contributed by atoms with van der Waals surface area (Å²) in [6, 6.07) is 8.72. The normalized spacial score (nSPS) is 26.1. The van der Waals surface area contributed by atoms with Gasteiger partial charge in [0.15, 0.2) is 0 Å². The zero-order valence-corrected chi connectivity index (χ0v) is 14.2. The van der Waals surface area contributed by atoms with Crippen LogP contribution in [0.15, 0.2) is 28.8 Å². The number of hydrogen-bond acceptors (Lipinski definition) is 5. The van der Waals surface area contributed by atoms with Crippen LogP contribution in [-0.4, -0.2) is 38.8 Å². The van der Waals surface area contributed by atoms with Crippen LogP contribution in [0.25, 0.3) is 11.4 Å². The van der Waals surface area contributed by atoms with Crippen molar-refractivity contribution >= 4 is 0 Å². The molecule has 0 bridgehead atoms. The first-order chi connectivity index (χ1) is 11.7. The van der Waals surface area contributed by atoms with Gasteiger partial charge in [-0.3, -0.25) is 4.90 Å². The largest absolute Gasteiger partial charge is 0.392 e. The monoisotopic (exact) mass is 327 g/mol. The van der Waals surface area contributed by atoms with Crippen molar-refractivity contribution in [2.45, 2.75) is 63.6 Å². The minimum Gasteiger partial charge on any atom is -0.392 e. The maximum Gasteiger partial charge on any atom is 0.244 e. The van der Waals surface area contributed by atoms with E-state index >= 15 is 0 Å². The molecule has 24 heavy (non-hydrogen) atoms. The molecule has 1 aliphatic carbocycles. The van der Waals surface area contributed by atoms with Crippen LogP contribution in [0.4, 0.5) is 0 Å². The first-order valence-corrected chi connectivity index (χ1v) is 9.05. The lowest BCUT2D eigenvalue weighted by Gasteiger charge is -2.33. The Morgan fingerprint density at radius 1 is 1.21 bits per heavy atom. The van der Waals surface area contributed by atoms with Crippen molar-refractivity contribution in [2.75, 3.05) is 6.54 Å². The molecule has 1 aliphatic heterocycles. The molecule has 5 heteroatoms. The molecular formula is C19H25N3O2. The molecular weight excluding hydrogens is 302 g/mol. The van der Waals surface area contributed by atoms with Gasteiger partial charge in [-0.2, -0.15) is 4.98 Å². The summed E-state index contributed by atoms with van der Waals surface area (Å²) in [5.41, 5.74) is 2.16. The van der Waals surface area contributed by atoms with Gasteiger partial charge >= 0.3 is 0 Å². The number of aliphatic hydroxyl groups is 1. The Hall–Kier alpha value is -1.72. The quantitative estimate of drug-likeness (QED) is 0.935. The molecule has 0 amide bonds. The maximum absolute atomic E-state index is 10.2. The molecule has 2 aliphatic rings. The first-order valence-electron chi connectivity index (χ1n) is 9.05. The number of likely N-dealkylation sites (tertiary alicyclic amines) is 1. The molecule has 2 fully saturated rings. The summed E-state index contributed by atoms with van der Waals surface area (Å²) in [4.78, 5) is 7.05. The third-order valence-corrected chi connectivity index (χ3v) is 5.36. The van der Waals surface area contributed by atoms with Crippen LogP contribution < -0.4 is 0 Å². The molecule has 0 spiro atoms. The van der Waals surface area contributed by atoms with Crippen molar-refractivity contribution in [1.29, 1.82) is 0 Å². The van der Waals surface area contributed by atoms with Gasteiger partial charge in [0.2, 0.25) is 11.7 Å². The van der Waals surface area contributed by atoms with Gasteiger partial charge in [0.1, 0.15) is 0 Å². The van der Waals surface area contributed by atoms with Crippen molar-refractivity contribution < 1.29 is 9.63 Å². The van der Waals surface area contributed by atoms with Crippen LogP contribution in [0.3, 0.4) is 0 Å². The average molecular weight is 327 g/mol. The Bertz CT molecular complexity index is 693. The number of hydrogen-bond donors (Lipinski definition) is 1. The van der Waals surface area contributed by atoms with E-state index in [0.29, 0.717) is 24.2 Å². The second-order valence-electron chi connectivity index (χ2n) is 7.22. The number of aliphatic hydroxyl groups excluding tert-OH is 1. The molecule has 0 radical (unpaired) electrons. The molecule has 2 aromatic rings. The van der Waals surface area contributed by atoms with Crippen molar-refractivity contribution in [3.8, 4) is 11.4 Å². The van der Waals surface area contributed by atoms with Gasteiger partial charge < -0.3 is 9.63 Å². The second-order valence-corrected chi connectivity index (χ2v) is 7.22. The number of aryl methyl sites for hydroxylation is 1. The van der Waals surface area contributed by atoms with Crippen LogP contribution in [-0.2, 0) is 0 Å². The lowest BCUT2D eigenvalue weighted by molar-refractivity contribution is 0.110.